The number of carbonyl (C=O) groups excluding carboxylic acids is 1. The van der Waals surface area contributed by atoms with Crippen molar-refractivity contribution in [1.29, 1.82) is 0 Å². The zero-order chi connectivity index (χ0) is 17.8. The number of aryl methyl sites for hydroxylation is 1. The smallest absolute Gasteiger partial charge is 0.171 e. The molecule has 0 saturated carbocycles. The van der Waals surface area contributed by atoms with Gasteiger partial charge in [0.25, 0.3) is 0 Å². The van der Waals surface area contributed by atoms with Crippen molar-refractivity contribution in [2.24, 2.45) is 5.41 Å². The van der Waals surface area contributed by atoms with Gasteiger partial charge in [0.2, 0.25) is 0 Å². The van der Waals surface area contributed by atoms with E-state index in [0.717, 1.165) is 27.9 Å². The number of rotatable bonds is 2. The second kappa shape index (κ2) is 5.24. The molecule has 0 saturated heterocycles. The molecule has 0 aliphatic carbocycles. The molecule has 4 aromatic rings. The van der Waals surface area contributed by atoms with Gasteiger partial charge < -0.3 is 4.98 Å². The Bertz CT molecular complexity index is 1110. The predicted octanol–water partition coefficient (Wildman–Crippen LogP) is 4.04. The fourth-order valence-corrected chi connectivity index (χ4v) is 2.91. The number of fused-ring (bicyclic) bond motifs is 2. The number of Topliss-reactive ketones (excluding diaryl/α,β-unsaturated/α-hetero) is 1. The van der Waals surface area contributed by atoms with Crippen LogP contribution >= 0.6 is 0 Å². The molecule has 6 heteroatoms. The van der Waals surface area contributed by atoms with E-state index in [0.29, 0.717) is 16.7 Å². The minimum absolute atomic E-state index is 0.0475. The molecule has 0 amide bonds. The van der Waals surface area contributed by atoms with E-state index in [4.69, 9.17) is 4.98 Å². The first kappa shape index (κ1) is 15.5. The summed E-state index contributed by atoms with van der Waals surface area (Å²) in [6.07, 6.45) is 3.42. The minimum Gasteiger partial charge on any atom is -0.344 e. The van der Waals surface area contributed by atoms with Crippen LogP contribution in [0, 0.1) is 12.3 Å². The summed E-state index contributed by atoms with van der Waals surface area (Å²) in [5.41, 5.74) is 4.95. The molecule has 0 unspecified atom stereocenters. The number of nitrogens with one attached hydrogen (secondary N) is 2. The van der Waals surface area contributed by atoms with Gasteiger partial charge >= 0.3 is 0 Å². The third kappa shape index (κ3) is 2.50. The van der Waals surface area contributed by atoms with E-state index in [2.05, 4.69) is 20.2 Å². The minimum atomic E-state index is -0.473. The Labute approximate surface area is 144 Å². The van der Waals surface area contributed by atoms with E-state index in [1.54, 1.807) is 12.4 Å². The summed E-state index contributed by atoms with van der Waals surface area (Å²) in [4.78, 5) is 24.9. The molecule has 0 aliphatic rings. The number of aromatic amines is 2. The van der Waals surface area contributed by atoms with Crippen molar-refractivity contribution in [3.05, 3.63) is 41.9 Å². The van der Waals surface area contributed by atoms with Gasteiger partial charge in [-0.15, -0.1) is 0 Å². The number of H-pyrrole nitrogens is 2. The van der Waals surface area contributed by atoms with Crippen LogP contribution in [-0.2, 0) is 0 Å². The number of carbonyl (C=O) groups is 1. The molecule has 0 bridgehead atoms. The Morgan fingerprint density at radius 2 is 2.00 bits per heavy atom. The molecule has 3 heterocycles. The molecule has 126 valence electrons. The van der Waals surface area contributed by atoms with Crippen LogP contribution in [0.3, 0.4) is 0 Å². The third-order valence-corrected chi connectivity index (χ3v) is 4.36. The Kier molecular flexibility index (Phi) is 3.25. The Morgan fingerprint density at radius 3 is 2.76 bits per heavy atom. The second-order valence-electron chi connectivity index (χ2n) is 7.30. The molecule has 0 radical (unpaired) electrons. The van der Waals surface area contributed by atoms with Crippen molar-refractivity contribution in [1.82, 2.24) is 25.1 Å². The van der Waals surface area contributed by atoms with E-state index in [1.165, 1.54) is 0 Å². The van der Waals surface area contributed by atoms with Crippen molar-refractivity contribution in [2.45, 2.75) is 27.7 Å². The maximum atomic E-state index is 12.7. The Hall–Kier alpha value is -3.02. The molecule has 3 aromatic heterocycles. The zero-order valence-electron chi connectivity index (χ0n) is 14.6. The zero-order valence-corrected chi connectivity index (χ0v) is 14.6. The van der Waals surface area contributed by atoms with Crippen LogP contribution in [0.4, 0.5) is 0 Å². The normalized spacial score (nSPS) is 12.2. The first-order chi connectivity index (χ1) is 11.8. The quantitative estimate of drug-likeness (QED) is 0.542. The SMILES string of the molecule is Cc1n[nH]c2ccc(-c3cnc4[nH]cc(C(=O)C(C)(C)C)c4n3)cc12. The number of ketones is 1. The maximum absolute atomic E-state index is 12.7. The average molecular weight is 333 g/mol. The van der Waals surface area contributed by atoms with Crippen molar-refractivity contribution < 1.29 is 4.79 Å². The highest BCUT2D eigenvalue weighted by Gasteiger charge is 2.26. The maximum Gasteiger partial charge on any atom is 0.171 e. The molecular weight excluding hydrogens is 314 g/mol. The van der Waals surface area contributed by atoms with Gasteiger partial charge in [-0.25, -0.2) is 9.97 Å². The highest BCUT2D eigenvalue weighted by Crippen LogP contribution is 2.28. The summed E-state index contributed by atoms with van der Waals surface area (Å²) in [5.74, 6) is 0.0475. The number of aromatic nitrogens is 5. The van der Waals surface area contributed by atoms with Crippen molar-refractivity contribution in [3.63, 3.8) is 0 Å². The summed E-state index contributed by atoms with van der Waals surface area (Å²) in [6, 6.07) is 6.00. The Morgan fingerprint density at radius 1 is 1.20 bits per heavy atom. The van der Waals surface area contributed by atoms with Crippen molar-refractivity contribution in [3.8, 4) is 11.3 Å². The fraction of sp³-hybridized carbons (Fsp3) is 0.263. The van der Waals surface area contributed by atoms with Crippen LogP contribution < -0.4 is 0 Å². The fourth-order valence-electron chi connectivity index (χ4n) is 2.91. The summed E-state index contributed by atoms with van der Waals surface area (Å²) in [5, 5.41) is 8.28. The second-order valence-corrected chi connectivity index (χ2v) is 7.30. The molecule has 4 rings (SSSR count). The van der Waals surface area contributed by atoms with Gasteiger partial charge in [-0.1, -0.05) is 26.8 Å². The molecule has 0 aliphatic heterocycles. The van der Waals surface area contributed by atoms with E-state index in [9.17, 15) is 4.79 Å². The first-order valence-electron chi connectivity index (χ1n) is 8.18. The van der Waals surface area contributed by atoms with Gasteiger partial charge in [-0.05, 0) is 19.1 Å². The number of hydrogen-bond donors (Lipinski definition) is 2. The molecule has 0 spiro atoms. The lowest BCUT2D eigenvalue weighted by molar-refractivity contribution is 0.0860. The van der Waals surface area contributed by atoms with Gasteiger partial charge in [-0.3, -0.25) is 9.89 Å². The lowest BCUT2D eigenvalue weighted by Gasteiger charge is -2.15. The van der Waals surface area contributed by atoms with Crippen LogP contribution in [0.25, 0.3) is 33.3 Å². The monoisotopic (exact) mass is 333 g/mol. The first-order valence-corrected chi connectivity index (χ1v) is 8.18. The van der Waals surface area contributed by atoms with Crippen molar-refractivity contribution >= 4 is 27.9 Å². The van der Waals surface area contributed by atoms with Gasteiger partial charge in [0, 0.05) is 22.6 Å². The van der Waals surface area contributed by atoms with Crippen LogP contribution in [0.5, 0.6) is 0 Å². The Balaban J connectivity index is 1.87. The molecule has 1 aromatic carbocycles. The summed E-state index contributed by atoms with van der Waals surface area (Å²) in [7, 11) is 0. The molecule has 0 atom stereocenters. The largest absolute Gasteiger partial charge is 0.344 e. The molecular formula is C19H19N5O. The topological polar surface area (TPSA) is 87.3 Å². The van der Waals surface area contributed by atoms with E-state index >= 15 is 0 Å². The van der Waals surface area contributed by atoms with Crippen LogP contribution in [0.1, 0.15) is 36.8 Å². The van der Waals surface area contributed by atoms with Gasteiger partial charge in [0.05, 0.1) is 28.7 Å². The van der Waals surface area contributed by atoms with E-state index < -0.39 is 5.41 Å². The lowest BCUT2D eigenvalue weighted by atomic mass is 9.87. The summed E-state index contributed by atoms with van der Waals surface area (Å²) >= 11 is 0. The summed E-state index contributed by atoms with van der Waals surface area (Å²) < 4.78 is 0. The molecule has 25 heavy (non-hydrogen) atoms. The van der Waals surface area contributed by atoms with E-state index in [1.807, 2.05) is 45.9 Å². The number of nitrogens with zero attached hydrogens (tertiary/aromatic N) is 3. The highest BCUT2D eigenvalue weighted by molar-refractivity contribution is 6.08. The van der Waals surface area contributed by atoms with Gasteiger partial charge in [-0.2, -0.15) is 5.10 Å². The van der Waals surface area contributed by atoms with Crippen molar-refractivity contribution in [2.75, 3.05) is 0 Å². The van der Waals surface area contributed by atoms with Crippen LogP contribution in [-0.4, -0.2) is 30.9 Å². The van der Waals surface area contributed by atoms with Crippen LogP contribution in [0.15, 0.2) is 30.6 Å². The standard InChI is InChI=1S/C19H19N5O/c1-10-12-7-11(5-6-14(12)24-23-10)15-9-21-18-16(22-15)13(8-20-18)17(25)19(2,3)4/h5-9H,1-4H3,(H,20,21)(H,23,24). The van der Waals surface area contributed by atoms with Gasteiger partial charge in [0.15, 0.2) is 11.4 Å². The highest BCUT2D eigenvalue weighted by atomic mass is 16.1. The number of hydrogen-bond acceptors (Lipinski definition) is 4. The molecule has 6 nitrogen and oxygen atoms in total. The predicted molar refractivity (Wildman–Crippen MR) is 97.5 cm³/mol. The molecule has 0 fully saturated rings. The van der Waals surface area contributed by atoms with Gasteiger partial charge in [0.1, 0.15) is 5.52 Å². The van der Waals surface area contributed by atoms with Crippen LogP contribution in [0.2, 0.25) is 0 Å². The summed E-state index contributed by atoms with van der Waals surface area (Å²) in [6.45, 7) is 7.67. The average Bonchev–Trinajstić information content (AvgIpc) is 3.16. The number of benzene rings is 1. The third-order valence-electron chi connectivity index (χ3n) is 4.36. The molecule has 2 N–H and O–H groups in total. The lowest BCUT2D eigenvalue weighted by Crippen LogP contribution is -2.20. The van der Waals surface area contributed by atoms with E-state index in [-0.39, 0.29) is 5.78 Å².